The Balaban J connectivity index is 2.57. The SMILES string of the molecule is O=Cc1ccc(Cl)c(-c2cccnc2)c1. The van der Waals surface area contributed by atoms with Gasteiger partial charge in [0.15, 0.2) is 0 Å². The number of pyridine rings is 1. The number of carbonyl (C=O) groups excluding carboxylic acids is 1. The molecule has 0 bridgehead atoms. The Bertz CT molecular complexity index is 482. The molecule has 2 aromatic rings. The van der Waals surface area contributed by atoms with Gasteiger partial charge in [-0.3, -0.25) is 9.78 Å². The van der Waals surface area contributed by atoms with Gasteiger partial charge in [-0.15, -0.1) is 0 Å². The van der Waals surface area contributed by atoms with E-state index >= 15 is 0 Å². The first-order chi connectivity index (χ1) is 7.31. The van der Waals surface area contributed by atoms with E-state index in [1.807, 2.05) is 12.1 Å². The van der Waals surface area contributed by atoms with E-state index < -0.39 is 0 Å². The molecule has 0 spiro atoms. The number of aldehydes is 1. The summed E-state index contributed by atoms with van der Waals surface area (Å²) in [6.45, 7) is 0. The Labute approximate surface area is 92.5 Å². The van der Waals surface area contributed by atoms with Gasteiger partial charge in [0.1, 0.15) is 6.29 Å². The van der Waals surface area contributed by atoms with Crippen LogP contribution in [0, 0.1) is 0 Å². The molecule has 0 aliphatic heterocycles. The first-order valence-corrected chi connectivity index (χ1v) is 4.84. The first-order valence-electron chi connectivity index (χ1n) is 4.46. The second-order valence-electron chi connectivity index (χ2n) is 3.10. The molecule has 0 unspecified atom stereocenters. The Morgan fingerprint density at radius 3 is 2.80 bits per heavy atom. The lowest BCUT2D eigenvalue weighted by Crippen LogP contribution is -1.85. The van der Waals surface area contributed by atoms with E-state index in [1.165, 1.54) is 0 Å². The molecular weight excluding hydrogens is 210 g/mol. The summed E-state index contributed by atoms with van der Waals surface area (Å²) >= 11 is 6.04. The van der Waals surface area contributed by atoms with Gasteiger partial charge >= 0.3 is 0 Å². The zero-order valence-electron chi connectivity index (χ0n) is 7.85. The van der Waals surface area contributed by atoms with Gasteiger partial charge in [-0.2, -0.15) is 0 Å². The fourth-order valence-corrected chi connectivity index (χ4v) is 1.59. The number of halogens is 1. The van der Waals surface area contributed by atoms with Crippen molar-refractivity contribution in [2.75, 3.05) is 0 Å². The third-order valence-corrected chi connectivity index (χ3v) is 2.43. The third kappa shape index (κ3) is 2.05. The lowest BCUT2D eigenvalue weighted by atomic mass is 10.1. The average molecular weight is 218 g/mol. The number of carbonyl (C=O) groups is 1. The number of benzene rings is 1. The van der Waals surface area contributed by atoms with Gasteiger partial charge in [0.05, 0.1) is 0 Å². The Hall–Kier alpha value is -1.67. The van der Waals surface area contributed by atoms with Crippen LogP contribution in [0.25, 0.3) is 11.1 Å². The first kappa shape index (κ1) is 9.87. The highest BCUT2D eigenvalue weighted by atomic mass is 35.5. The van der Waals surface area contributed by atoms with Crippen LogP contribution in [0.15, 0.2) is 42.7 Å². The molecule has 0 aliphatic rings. The van der Waals surface area contributed by atoms with Crippen LogP contribution < -0.4 is 0 Å². The summed E-state index contributed by atoms with van der Waals surface area (Å²) in [5.41, 5.74) is 2.35. The van der Waals surface area contributed by atoms with Crippen molar-refractivity contribution >= 4 is 17.9 Å². The third-order valence-electron chi connectivity index (χ3n) is 2.10. The fraction of sp³-hybridized carbons (Fsp3) is 0. The van der Waals surface area contributed by atoms with E-state index in [2.05, 4.69) is 4.98 Å². The summed E-state index contributed by atoms with van der Waals surface area (Å²) in [4.78, 5) is 14.7. The second kappa shape index (κ2) is 4.24. The molecule has 0 saturated carbocycles. The van der Waals surface area contributed by atoms with Crippen LogP contribution in [0.3, 0.4) is 0 Å². The van der Waals surface area contributed by atoms with Crippen LogP contribution >= 0.6 is 11.6 Å². The molecular formula is C12H8ClNO. The van der Waals surface area contributed by atoms with Crippen LogP contribution in [0.1, 0.15) is 10.4 Å². The summed E-state index contributed by atoms with van der Waals surface area (Å²) in [6, 6.07) is 8.90. The van der Waals surface area contributed by atoms with Crippen molar-refractivity contribution in [3.8, 4) is 11.1 Å². The van der Waals surface area contributed by atoms with Gasteiger partial charge < -0.3 is 0 Å². The van der Waals surface area contributed by atoms with Crippen molar-refractivity contribution in [3.63, 3.8) is 0 Å². The summed E-state index contributed by atoms with van der Waals surface area (Å²) in [5, 5.41) is 0.619. The van der Waals surface area contributed by atoms with Crippen LogP contribution in [-0.4, -0.2) is 11.3 Å². The maximum atomic E-state index is 10.6. The van der Waals surface area contributed by atoms with Crippen molar-refractivity contribution in [1.29, 1.82) is 0 Å². The van der Waals surface area contributed by atoms with Crippen molar-refractivity contribution in [3.05, 3.63) is 53.3 Å². The van der Waals surface area contributed by atoms with Gasteiger partial charge in [0, 0.05) is 34.1 Å². The topological polar surface area (TPSA) is 30.0 Å². The molecule has 0 radical (unpaired) electrons. The van der Waals surface area contributed by atoms with E-state index in [9.17, 15) is 4.79 Å². The normalized spacial score (nSPS) is 9.93. The van der Waals surface area contributed by atoms with E-state index in [4.69, 9.17) is 11.6 Å². The van der Waals surface area contributed by atoms with Crippen LogP contribution in [0.2, 0.25) is 5.02 Å². The number of aromatic nitrogens is 1. The summed E-state index contributed by atoms with van der Waals surface area (Å²) in [7, 11) is 0. The van der Waals surface area contributed by atoms with Gasteiger partial charge in [-0.05, 0) is 18.2 Å². The summed E-state index contributed by atoms with van der Waals surface area (Å²) in [5.74, 6) is 0. The van der Waals surface area contributed by atoms with Gasteiger partial charge in [0.25, 0.3) is 0 Å². The van der Waals surface area contributed by atoms with Gasteiger partial charge in [-0.1, -0.05) is 23.7 Å². The standard InChI is InChI=1S/C12H8ClNO/c13-12-4-3-9(8-15)6-11(12)10-2-1-5-14-7-10/h1-8H. The molecule has 2 rings (SSSR count). The predicted octanol–water partition coefficient (Wildman–Crippen LogP) is 3.21. The predicted molar refractivity (Wildman–Crippen MR) is 60.1 cm³/mol. The van der Waals surface area contributed by atoms with Crippen LogP contribution in [0.5, 0.6) is 0 Å². The highest BCUT2D eigenvalue weighted by Gasteiger charge is 2.04. The minimum Gasteiger partial charge on any atom is -0.298 e. The Kier molecular flexibility index (Phi) is 2.79. The Morgan fingerprint density at radius 1 is 1.27 bits per heavy atom. The fourth-order valence-electron chi connectivity index (χ4n) is 1.36. The molecule has 0 atom stereocenters. The molecule has 1 aromatic carbocycles. The van der Waals surface area contributed by atoms with E-state index in [-0.39, 0.29) is 0 Å². The highest BCUT2D eigenvalue weighted by Crippen LogP contribution is 2.27. The van der Waals surface area contributed by atoms with E-state index in [1.54, 1.807) is 30.6 Å². The largest absolute Gasteiger partial charge is 0.298 e. The minimum atomic E-state index is 0.609. The molecule has 0 fully saturated rings. The quantitative estimate of drug-likeness (QED) is 0.723. The number of hydrogen-bond donors (Lipinski definition) is 0. The molecule has 15 heavy (non-hydrogen) atoms. The number of hydrogen-bond acceptors (Lipinski definition) is 2. The smallest absolute Gasteiger partial charge is 0.150 e. The molecule has 0 N–H and O–H groups in total. The van der Waals surface area contributed by atoms with Crippen LogP contribution in [0.4, 0.5) is 0 Å². The summed E-state index contributed by atoms with van der Waals surface area (Å²) < 4.78 is 0. The van der Waals surface area contributed by atoms with Crippen molar-refractivity contribution < 1.29 is 4.79 Å². The minimum absolute atomic E-state index is 0.609. The summed E-state index contributed by atoms with van der Waals surface area (Å²) in [6.07, 6.45) is 4.22. The lowest BCUT2D eigenvalue weighted by molar-refractivity contribution is 0.112. The number of rotatable bonds is 2. The van der Waals surface area contributed by atoms with Crippen molar-refractivity contribution in [1.82, 2.24) is 4.98 Å². The highest BCUT2D eigenvalue weighted by molar-refractivity contribution is 6.33. The maximum Gasteiger partial charge on any atom is 0.150 e. The zero-order chi connectivity index (χ0) is 10.7. The van der Waals surface area contributed by atoms with Gasteiger partial charge in [-0.25, -0.2) is 0 Å². The second-order valence-corrected chi connectivity index (χ2v) is 3.51. The molecule has 1 heterocycles. The monoisotopic (exact) mass is 217 g/mol. The zero-order valence-corrected chi connectivity index (χ0v) is 8.61. The molecule has 74 valence electrons. The van der Waals surface area contributed by atoms with Crippen LogP contribution in [-0.2, 0) is 0 Å². The molecule has 0 aliphatic carbocycles. The van der Waals surface area contributed by atoms with Crippen molar-refractivity contribution in [2.24, 2.45) is 0 Å². The molecule has 0 amide bonds. The van der Waals surface area contributed by atoms with Gasteiger partial charge in [0.2, 0.25) is 0 Å². The van der Waals surface area contributed by atoms with Crippen molar-refractivity contribution in [2.45, 2.75) is 0 Å². The Morgan fingerprint density at radius 2 is 2.13 bits per heavy atom. The molecule has 0 saturated heterocycles. The average Bonchev–Trinajstić information content (AvgIpc) is 2.31. The molecule has 1 aromatic heterocycles. The maximum absolute atomic E-state index is 10.6. The van der Waals surface area contributed by atoms with E-state index in [0.717, 1.165) is 17.4 Å². The lowest BCUT2D eigenvalue weighted by Gasteiger charge is -2.04. The molecule has 3 heteroatoms. The van der Waals surface area contributed by atoms with E-state index in [0.29, 0.717) is 10.6 Å². The number of nitrogens with zero attached hydrogens (tertiary/aromatic N) is 1. The molecule has 2 nitrogen and oxygen atoms in total.